The normalized spacial score (nSPS) is 14.6. The van der Waals surface area contributed by atoms with Crippen LogP contribution in [0.4, 0.5) is 0 Å². The van der Waals surface area contributed by atoms with Gasteiger partial charge in [-0.25, -0.2) is 9.13 Å². The molecule has 0 bridgehead atoms. The van der Waals surface area contributed by atoms with E-state index in [0.717, 1.165) is 167 Å². The maximum atomic E-state index is 13.1. The Morgan fingerprint density at radius 3 is 0.902 bits per heavy atom. The first-order chi connectivity index (χ1) is 49.7. The summed E-state index contributed by atoms with van der Waals surface area (Å²) in [4.78, 5) is 72.9. The van der Waals surface area contributed by atoms with Gasteiger partial charge >= 0.3 is 39.5 Å². The fourth-order valence-electron chi connectivity index (χ4n) is 10.1. The summed E-state index contributed by atoms with van der Waals surface area (Å²) in [5.41, 5.74) is 0. The van der Waals surface area contributed by atoms with Crippen LogP contribution in [-0.4, -0.2) is 96.7 Å². The van der Waals surface area contributed by atoms with E-state index in [0.29, 0.717) is 32.1 Å². The molecule has 0 rings (SSSR count). The van der Waals surface area contributed by atoms with Crippen molar-refractivity contribution in [2.45, 2.75) is 329 Å². The molecular weight excluding hydrogens is 1330 g/mol. The van der Waals surface area contributed by atoms with Crippen molar-refractivity contribution in [2.24, 2.45) is 0 Å². The molecule has 0 aliphatic heterocycles. The van der Waals surface area contributed by atoms with Gasteiger partial charge in [0.2, 0.25) is 0 Å². The molecule has 17 nitrogen and oxygen atoms in total. The largest absolute Gasteiger partial charge is 0.472 e. The SMILES string of the molecule is CC/C=C\C/C=C\C/C=C\C/C=C\C/C=C\C/C=C\CCC(=O)OCC(COP(=O)(O)OCC(O)COP(=O)(O)OCC(COC(=O)CCCCCCC/C=C\C/C=C\CCC)OC(=O)CCCCCCCCCCCCC)OC(=O)CCCCCCCC/C=C\C/C=C\C/C=C\CCCCC. The fraction of sp³-hybridized carbons (Fsp3) is 0.687. The summed E-state index contributed by atoms with van der Waals surface area (Å²) in [7, 11) is -9.98. The first kappa shape index (κ1) is 97.2. The van der Waals surface area contributed by atoms with Crippen LogP contribution in [0.15, 0.2) is 134 Å². The highest BCUT2D eigenvalue weighted by atomic mass is 31.2. The Morgan fingerprint density at radius 2 is 0.549 bits per heavy atom. The van der Waals surface area contributed by atoms with E-state index in [2.05, 4.69) is 143 Å². The van der Waals surface area contributed by atoms with Crippen LogP contribution in [0.2, 0.25) is 0 Å². The minimum atomic E-state index is -5.00. The number of carbonyl (C=O) groups excluding carboxylic acids is 4. The fourth-order valence-corrected chi connectivity index (χ4v) is 11.7. The molecule has 0 radical (unpaired) electrons. The van der Waals surface area contributed by atoms with Crippen molar-refractivity contribution in [1.29, 1.82) is 0 Å². The zero-order valence-electron chi connectivity index (χ0n) is 63.7. The van der Waals surface area contributed by atoms with Crippen molar-refractivity contribution >= 4 is 39.5 Å². The Labute approximate surface area is 618 Å². The molecule has 0 fully saturated rings. The molecule has 0 saturated heterocycles. The van der Waals surface area contributed by atoms with Gasteiger partial charge in [0.25, 0.3) is 0 Å². The Balaban J connectivity index is 5.43. The zero-order valence-corrected chi connectivity index (χ0v) is 65.5. The smallest absolute Gasteiger partial charge is 0.462 e. The van der Waals surface area contributed by atoms with Gasteiger partial charge in [0.1, 0.15) is 19.3 Å². The number of unbranched alkanes of at least 4 members (excludes halogenated alkanes) is 25. The average molecular weight is 1470 g/mol. The van der Waals surface area contributed by atoms with Gasteiger partial charge in [-0.1, -0.05) is 290 Å². The molecule has 5 unspecified atom stereocenters. The third-order valence-electron chi connectivity index (χ3n) is 16.1. The van der Waals surface area contributed by atoms with Crippen molar-refractivity contribution < 1.29 is 80.2 Å². The molecule has 0 aromatic heterocycles. The van der Waals surface area contributed by atoms with Crippen LogP contribution in [0.1, 0.15) is 310 Å². The van der Waals surface area contributed by atoms with Crippen LogP contribution in [0.3, 0.4) is 0 Å². The van der Waals surface area contributed by atoms with Crippen LogP contribution in [-0.2, 0) is 65.4 Å². The van der Waals surface area contributed by atoms with Gasteiger partial charge in [-0.2, -0.15) is 0 Å². The van der Waals surface area contributed by atoms with E-state index >= 15 is 0 Å². The lowest BCUT2D eigenvalue weighted by molar-refractivity contribution is -0.161. The van der Waals surface area contributed by atoms with Gasteiger partial charge in [0, 0.05) is 25.7 Å². The maximum absolute atomic E-state index is 13.1. The van der Waals surface area contributed by atoms with E-state index in [1.807, 2.05) is 18.2 Å². The van der Waals surface area contributed by atoms with Crippen LogP contribution < -0.4 is 0 Å². The summed E-state index contributed by atoms with van der Waals surface area (Å²) < 4.78 is 68.4. The Morgan fingerprint density at radius 1 is 0.284 bits per heavy atom. The lowest BCUT2D eigenvalue weighted by Crippen LogP contribution is -2.30. The number of allylic oxidation sites excluding steroid dienone is 22. The van der Waals surface area contributed by atoms with Crippen molar-refractivity contribution in [3.63, 3.8) is 0 Å². The monoisotopic (exact) mass is 1470 g/mol. The van der Waals surface area contributed by atoms with Gasteiger partial charge in [-0.05, 0) is 128 Å². The molecule has 0 aromatic carbocycles. The predicted octanol–water partition coefficient (Wildman–Crippen LogP) is 22.9. The van der Waals surface area contributed by atoms with Crippen molar-refractivity contribution in [1.82, 2.24) is 0 Å². The second-order valence-electron chi connectivity index (χ2n) is 25.9. The first-order valence-corrected chi connectivity index (χ1v) is 42.4. The summed E-state index contributed by atoms with van der Waals surface area (Å²) in [5, 5.41) is 10.6. The summed E-state index contributed by atoms with van der Waals surface area (Å²) >= 11 is 0. The zero-order chi connectivity index (χ0) is 74.6. The quantitative estimate of drug-likeness (QED) is 0.0169. The number of hydrogen-bond donors (Lipinski definition) is 3. The van der Waals surface area contributed by atoms with Crippen molar-refractivity contribution in [2.75, 3.05) is 39.6 Å². The molecule has 0 heterocycles. The van der Waals surface area contributed by atoms with Gasteiger partial charge in [0.15, 0.2) is 12.2 Å². The standard InChI is InChI=1S/C83H140O17P2/c1-5-9-13-17-21-25-29-32-34-36-38-40-42-45-49-52-56-60-64-68-81(86)94-74-79(100-83(88)70-66-62-58-54-50-46-43-41-39-37-35-33-30-26-22-18-14-10-6-2)76-98-102(91,92)96-72-77(84)71-95-101(89,90)97-75-78(99-82(87)69-65-61-57-53-47-28-24-20-16-12-8-4)73-93-80(85)67-63-59-55-51-48-44-31-27-23-19-15-11-7-3/h9,13,15,19,21-22,25-27,31-35,38-41,45,49,56,60,77-79,84H,5-8,10-12,14,16-18,20,23-24,28-30,36-37,42-44,46-48,50-55,57-59,61-76H2,1-4H3,(H,89,90)(H,91,92)/b13-9-,19-15-,25-21-,26-22-,31-27-,34-32-,35-33-,40-38-,41-39-,49-45-,60-56-. The molecular formula is C83H140O17P2. The van der Waals surface area contributed by atoms with Crippen LogP contribution in [0.5, 0.6) is 0 Å². The summed E-state index contributed by atoms with van der Waals surface area (Å²) in [5.74, 6) is -2.30. The van der Waals surface area contributed by atoms with Gasteiger partial charge in [0.05, 0.1) is 26.4 Å². The molecule has 0 amide bonds. The number of aliphatic hydroxyl groups is 1. The average Bonchev–Trinajstić information content (AvgIpc) is 0.940. The summed E-state index contributed by atoms with van der Waals surface area (Å²) in [6.07, 6.45) is 83.1. The second-order valence-corrected chi connectivity index (χ2v) is 28.8. The van der Waals surface area contributed by atoms with Gasteiger partial charge < -0.3 is 33.8 Å². The number of aliphatic hydroxyl groups excluding tert-OH is 1. The lowest BCUT2D eigenvalue weighted by Gasteiger charge is -2.21. The van der Waals surface area contributed by atoms with E-state index < -0.39 is 97.5 Å². The molecule has 19 heteroatoms. The number of carbonyl (C=O) groups is 4. The third-order valence-corrected chi connectivity index (χ3v) is 18.0. The van der Waals surface area contributed by atoms with E-state index in [1.54, 1.807) is 0 Å². The van der Waals surface area contributed by atoms with E-state index in [9.17, 15) is 43.2 Å². The maximum Gasteiger partial charge on any atom is 0.472 e. The van der Waals surface area contributed by atoms with Crippen molar-refractivity contribution in [3.05, 3.63) is 134 Å². The molecule has 0 spiro atoms. The third kappa shape index (κ3) is 73.5. The molecule has 0 aliphatic carbocycles. The highest BCUT2D eigenvalue weighted by Gasteiger charge is 2.30. The predicted molar refractivity (Wildman–Crippen MR) is 418 cm³/mol. The molecule has 0 saturated carbocycles. The lowest BCUT2D eigenvalue weighted by atomic mass is 10.1. The molecule has 584 valence electrons. The van der Waals surface area contributed by atoms with Crippen LogP contribution >= 0.6 is 15.6 Å². The van der Waals surface area contributed by atoms with E-state index in [-0.39, 0.29) is 25.7 Å². The van der Waals surface area contributed by atoms with E-state index in [4.69, 9.17) is 37.0 Å². The summed E-state index contributed by atoms with van der Waals surface area (Å²) in [6, 6.07) is 0. The second kappa shape index (κ2) is 74.5. The minimum absolute atomic E-state index is 0.0301. The van der Waals surface area contributed by atoms with Gasteiger partial charge in [-0.15, -0.1) is 0 Å². The molecule has 0 aliphatic rings. The number of phosphoric ester groups is 2. The molecule has 3 N–H and O–H groups in total. The topological polar surface area (TPSA) is 237 Å². The Bertz CT molecular complexity index is 2460. The number of phosphoric acid groups is 2. The number of hydrogen-bond acceptors (Lipinski definition) is 15. The van der Waals surface area contributed by atoms with E-state index in [1.165, 1.54) is 57.8 Å². The Hall–Kier alpha value is -4.80. The first-order valence-electron chi connectivity index (χ1n) is 39.4. The van der Waals surface area contributed by atoms with Gasteiger partial charge in [-0.3, -0.25) is 37.3 Å². The number of rotatable bonds is 73. The van der Waals surface area contributed by atoms with Crippen molar-refractivity contribution in [3.8, 4) is 0 Å². The van der Waals surface area contributed by atoms with Crippen LogP contribution in [0, 0.1) is 0 Å². The Kier molecular flexibility index (Phi) is 71.0. The number of esters is 4. The molecule has 102 heavy (non-hydrogen) atoms. The van der Waals surface area contributed by atoms with Crippen LogP contribution in [0.25, 0.3) is 0 Å². The minimum Gasteiger partial charge on any atom is -0.462 e. The summed E-state index contributed by atoms with van der Waals surface area (Å²) in [6.45, 7) is 4.55. The highest BCUT2D eigenvalue weighted by molar-refractivity contribution is 7.47. The molecule has 0 aromatic rings. The highest BCUT2D eigenvalue weighted by Crippen LogP contribution is 2.45. The molecule has 5 atom stereocenters. The number of ether oxygens (including phenoxy) is 4.